The molecule has 1 heterocycles. The molecule has 7 heteroatoms. The van der Waals surface area contributed by atoms with Crippen LogP contribution in [0.1, 0.15) is 13.8 Å². The summed E-state index contributed by atoms with van der Waals surface area (Å²) in [5.41, 5.74) is -0.138. The molecule has 0 fully saturated rings. The maximum Gasteiger partial charge on any atom is 0.285 e. The van der Waals surface area contributed by atoms with Crippen LogP contribution in [-0.4, -0.2) is 40.6 Å². The van der Waals surface area contributed by atoms with Gasteiger partial charge in [0.2, 0.25) is 5.91 Å². The topological polar surface area (TPSA) is 78.1 Å². The van der Waals surface area contributed by atoms with Crippen LogP contribution in [0.15, 0.2) is 11.0 Å². The number of hydrogen-bond donors (Lipinski definition) is 2. The van der Waals surface area contributed by atoms with Crippen molar-refractivity contribution in [3.05, 3.63) is 21.6 Å². The monoisotopic (exact) mass is 258 g/mol. The standard InChI is InChI=1S/C10H15ClN4O2/c1-4-15(3)10(17)6(2)13-7-5-12-14-9(16)8(7)11/h5-6H,4H2,1-3H3,(H2,13,14,16). The highest BCUT2D eigenvalue weighted by atomic mass is 35.5. The average molecular weight is 259 g/mol. The van der Waals surface area contributed by atoms with Crippen molar-refractivity contribution in [3.8, 4) is 0 Å². The largest absolute Gasteiger partial charge is 0.371 e. The number of aromatic nitrogens is 2. The van der Waals surface area contributed by atoms with E-state index in [1.165, 1.54) is 6.20 Å². The fraction of sp³-hybridized carbons (Fsp3) is 0.500. The molecule has 0 aromatic carbocycles. The maximum atomic E-state index is 11.8. The van der Waals surface area contributed by atoms with E-state index < -0.39 is 11.6 Å². The predicted octanol–water partition coefficient (Wildman–Crippen LogP) is 0.702. The third kappa shape index (κ3) is 3.20. The Balaban J connectivity index is 2.81. The Kier molecular flexibility index (Phi) is 4.51. The molecular formula is C10H15ClN4O2. The van der Waals surface area contributed by atoms with Gasteiger partial charge < -0.3 is 10.2 Å². The smallest absolute Gasteiger partial charge is 0.285 e. The van der Waals surface area contributed by atoms with E-state index in [9.17, 15) is 9.59 Å². The van der Waals surface area contributed by atoms with Crippen LogP contribution in [0.4, 0.5) is 5.69 Å². The molecule has 1 atom stereocenters. The SMILES string of the molecule is CCN(C)C(=O)C(C)Nc1cn[nH]c(=O)c1Cl. The lowest BCUT2D eigenvalue weighted by Gasteiger charge is -2.21. The molecule has 94 valence electrons. The Morgan fingerprint density at radius 2 is 2.35 bits per heavy atom. The van der Waals surface area contributed by atoms with Crippen molar-refractivity contribution in [2.45, 2.75) is 19.9 Å². The van der Waals surface area contributed by atoms with Gasteiger partial charge in [0.15, 0.2) is 0 Å². The number of anilines is 1. The number of nitrogens with zero attached hydrogens (tertiary/aromatic N) is 2. The van der Waals surface area contributed by atoms with Crippen molar-refractivity contribution in [1.82, 2.24) is 15.1 Å². The molecule has 1 amide bonds. The van der Waals surface area contributed by atoms with E-state index in [0.717, 1.165) is 0 Å². The minimum Gasteiger partial charge on any atom is -0.371 e. The van der Waals surface area contributed by atoms with Crippen molar-refractivity contribution in [1.29, 1.82) is 0 Å². The van der Waals surface area contributed by atoms with Gasteiger partial charge in [0, 0.05) is 13.6 Å². The highest BCUT2D eigenvalue weighted by Gasteiger charge is 2.17. The van der Waals surface area contributed by atoms with Crippen molar-refractivity contribution in [2.75, 3.05) is 18.9 Å². The highest BCUT2D eigenvalue weighted by Crippen LogP contribution is 2.15. The number of amides is 1. The van der Waals surface area contributed by atoms with Crippen LogP contribution >= 0.6 is 11.6 Å². The summed E-state index contributed by atoms with van der Waals surface area (Å²) in [4.78, 5) is 24.6. The van der Waals surface area contributed by atoms with Crippen molar-refractivity contribution in [3.63, 3.8) is 0 Å². The zero-order valence-corrected chi connectivity index (χ0v) is 10.7. The van der Waals surface area contributed by atoms with E-state index in [1.54, 1.807) is 18.9 Å². The number of aromatic amines is 1. The Hall–Kier alpha value is -1.56. The van der Waals surface area contributed by atoms with E-state index in [1.807, 2.05) is 6.92 Å². The quantitative estimate of drug-likeness (QED) is 0.834. The second kappa shape index (κ2) is 5.67. The molecule has 0 aliphatic rings. The van der Waals surface area contributed by atoms with Gasteiger partial charge in [0.25, 0.3) is 5.56 Å². The third-order valence-electron chi connectivity index (χ3n) is 2.39. The number of carbonyl (C=O) groups excluding carboxylic acids is 1. The van der Waals surface area contributed by atoms with Gasteiger partial charge in [-0.1, -0.05) is 11.6 Å². The molecule has 17 heavy (non-hydrogen) atoms. The van der Waals surface area contributed by atoms with Crippen molar-refractivity contribution < 1.29 is 4.79 Å². The summed E-state index contributed by atoms with van der Waals surface area (Å²) in [5, 5.41) is 8.68. The summed E-state index contributed by atoms with van der Waals surface area (Å²) in [6.45, 7) is 4.20. The molecule has 0 spiro atoms. The molecule has 6 nitrogen and oxygen atoms in total. The number of halogens is 1. The zero-order chi connectivity index (χ0) is 13.0. The summed E-state index contributed by atoms with van der Waals surface area (Å²) in [7, 11) is 1.71. The van der Waals surface area contributed by atoms with Crippen molar-refractivity contribution in [2.24, 2.45) is 0 Å². The summed E-state index contributed by atoms with van der Waals surface area (Å²) >= 11 is 5.78. The molecule has 0 radical (unpaired) electrons. The van der Waals surface area contributed by atoms with Crippen LogP contribution < -0.4 is 10.9 Å². The second-order valence-electron chi connectivity index (χ2n) is 3.65. The summed E-state index contributed by atoms with van der Waals surface area (Å²) in [6.07, 6.45) is 1.37. The molecule has 0 saturated carbocycles. The number of nitrogens with one attached hydrogen (secondary N) is 2. The molecular weight excluding hydrogens is 244 g/mol. The Morgan fingerprint density at radius 1 is 1.71 bits per heavy atom. The number of hydrogen-bond acceptors (Lipinski definition) is 4. The lowest BCUT2D eigenvalue weighted by atomic mass is 10.2. The van der Waals surface area contributed by atoms with Gasteiger partial charge >= 0.3 is 0 Å². The van der Waals surface area contributed by atoms with Crippen molar-refractivity contribution >= 4 is 23.2 Å². The summed E-state index contributed by atoms with van der Waals surface area (Å²) in [6, 6.07) is -0.471. The minimum absolute atomic E-state index is 0.00111. The fourth-order valence-electron chi connectivity index (χ4n) is 1.27. The van der Waals surface area contributed by atoms with Gasteiger partial charge in [0.05, 0.1) is 11.9 Å². The molecule has 1 rings (SSSR count). The minimum atomic E-state index is -0.486. The van der Waals surface area contributed by atoms with Crippen LogP contribution in [0.25, 0.3) is 0 Å². The fourth-order valence-corrected chi connectivity index (χ4v) is 1.41. The molecule has 2 N–H and O–H groups in total. The molecule has 1 unspecified atom stereocenters. The van der Waals surface area contributed by atoms with E-state index in [4.69, 9.17) is 11.6 Å². The van der Waals surface area contributed by atoms with Crippen LogP contribution in [0.5, 0.6) is 0 Å². The number of likely N-dealkylation sites (N-methyl/N-ethyl adjacent to an activating group) is 1. The first-order valence-electron chi connectivity index (χ1n) is 5.22. The molecule has 1 aromatic rings. The average Bonchev–Trinajstić information content (AvgIpc) is 2.32. The van der Waals surface area contributed by atoms with E-state index in [-0.39, 0.29) is 10.9 Å². The normalized spacial score (nSPS) is 12.0. The van der Waals surface area contributed by atoms with E-state index >= 15 is 0 Å². The predicted molar refractivity (Wildman–Crippen MR) is 66.3 cm³/mol. The Bertz CT molecular complexity index is 460. The van der Waals surface area contributed by atoms with Gasteiger partial charge in [0.1, 0.15) is 11.1 Å². The lowest BCUT2D eigenvalue weighted by molar-refractivity contribution is -0.130. The van der Waals surface area contributed by atoms with Gasteiger partial charge in [-0.25, -0.2) is 5.10 Å². The zero-order valence-electron chi connectivity index (χ0n) is 9.95. The Morgan fingerprint density at radius 3 is 2.94 bits per heavy atom. The molecule has 0 saturated heterocycles. The second-order valence-corrected chi connectivity index (χ2v) is 4.02. The number of carbonyl (C=O) groups is 1. The lowest BCUT2D eigenvalue weighted by Crippen LogP contribution is -2.39. The van der Waals surface area contributed by atoms with Crippen LogP contribution in [-0.2, 0) is 4.79 Å². The first-order valence-corrected chi connectivity index (χ1v) is 5.59. The van der Waals surface area contributed by atoms with Crippen LogP contribution in [0.3, 0.4) is 0 Å². The van der Waals surface area contributed by atoms with Crippen LogP contribution in [0, 0.1) is 0 Å². The Labute approximate surface area is 104 Å². The van der Waals surface area contributed by atoms with Crippen LogP contribution in [0.2, 0.25) is 5.02 Å². The molecule has 1 aromatic heterocycles. The first kappa shape index (κ1) is 13.5. The van der Waals surface area contributed by atoms with Gasteiger partial charge in [-0.05, 0) is 13.8 Å². The number of H-pyrrole nitrogens is 1. The summed E-state index contributed by atoms with van der Waals surface area (Å²) in [5.74, 6) is -0.0798. The molecule has 0 aliphatic carbocycles. The van der Waals surface area contributed by atoms with E-state index in [2.05, 4.69) is 15.5 Å². The van der Waals surface area contributed by atoms with Gasteiger partial charge in [-0.15, -0.1) is 0 Å². The third-order valence-corrected chi connectivity index (χ3v) is 2.76. The van der Waals surface area contributed by atoms with Gasteiger partial charge in [-0.2, -0.15) is 5.10 Å². The first-order chi connectivity index (χ1) is 7.97. The highest BCUT2D eigenvalue weighted by molar-refractivity contribution is 6.33. The molecule has 0 aliphatic heterocycles. The number of rotatable bonds is 4. The maximum absolute atomic E-state index is 11.8. The van der Waals surface area contributed by atoms with E-state index in [0.29, 0.717) is 12.2 Å². The van der Waals surface area contributed by atoms with Gasteiger partial charge in [-0.3, -0.25) is 9.59 Å². The summed E-state index contributed by atoms with van der Waals surface area (Å²) < 4.78 is 0. The molecule has 0 bridgehead atoms.